The van der Waals surface area contributed by atoms with E-state index in [1.165, 1.54) is 0 Å². The Bertz CT molecular complexity index is 564. The number of pyridine rings is 1. The van der Waals surface area contributed by atoms with Gasteiger partial charge in [0, 0.05) is 12.2 Å². The largest absolute Gasteiger partial charge is 0.469 e. The molecule has 1 atom stereocenters. The third-order valence-corrected chi connectivity index (χ3v) is 3.51. The van der Waals surface area contributed by atoms with Crippen LogP contribution in [0.1, 0.15) is 50.7 Å². The number of hydrogen-bond donors (Lipinski definition) is 0. The van der Waals surface area contributed by atoms with Gasteiger partial charge < -0.3 is 14.4 Å². The van der Waals surface area contributed by atoms with Crippen LogP contribution in [0.5, 0.6) is 5.88 Å². The maximum absolute atomic E-state index is 12.8. The average molecular weight is 320 g/mol. The summed E-state index contributed by atoms with van der Waals surface area (Å²) in [6.07, 6.45) is -0.215. The van der Waals surface area contributed by atoms with E-state index in [9.17, 15) is 4.79 Å². The molecule has 0 saturated heterocycles. The summed E-state index contributed by atoms with van der Waals surface area (Å²) in [5.41, 5.74) is 1.13. The van der Waals surface area contributed by atoms with E-state index in [0.29, 0.717) is 37.1 Å². The molecule has 0 spiro atoms. The van der Waals surface area contributed by atoms with Crippen LogP contribution in [0.15, 0.2) is 12.1 Å². The van der Waals surface area contributed by atoms with E-state index in [-0.39, 0.29) is 17.6 Å². The molecule has 0 N–H and O–H groups in total. The lowest BCUT2D eigenvalue weighted by atomic mass is 10.1. The van der Waals surface area contributed by atoms with Crippen molar-refractivity contribution in [2.75, 3.05) is 19.7 Å². The molecule has 5 nitrogen and oxygen atoms in total. The molecule has 1 aliphatic heterocycles. The van der Waals surface area contributed by atoms with Crippen LogP contribution in [-0.4, -0.2) is 47.2 Å². The average Bonchev–Trinajstić information content (AvgIpc) is 2.53. The van der Waals surface area contributed by atoms with Gasteiger partial charge in [-0.2, -0.15) is 0 Å². The molecule has 1 aromatic heterocycles. The Morgan fingerprint density at radius 3 is 2.70 bits per heavy atom. The van der Waals surface area contributed by atoms with Gasteiger partial charge >= 0.3 is 0 Å². The smallest absolute Gasteiger partial charge is 0.259 e. The van der Waals surface area contributed by atoms with Crippen molar-refractivity contribution in [3.8, 4) is 5.88 Å². The fourth-order valence-corrected chi connectivity index (χ4v) is 2.51. The molecular formula is C18H28N2O3. The molecule has 2 rings (SSSR count). The summed E-state index contributed by atoms with van der Waals surface area (Å²) in [6.45, 7) is 13.8. The molecule has 0 radical (unpaired) electrons. The van der Waals surface area contributed by atoms with Crippen molar-refractivity contribution in [3.63, 3.8) is 0 Å². The van der Waals surface area contributed by atoms with Crippen LogP contribution in [-0.2, 0) is 4.74 Å². The Morgan fingerprint density at radius 2 is 2.09 bits per heavy atom. The van der Waals surface area contributed by atoms with Crippen molar-refractivity contribution in [2.45, 2.75) is 53.2 Å². The normalized spacial score (nSPS) is 18.7. The summed E-state index contributed by atoms with van der Waals surface area (Å²) < 4.78 is 11.9. The Hall–Kier alpha value is -1.62. The lowest BCUT2D eigenvalue weighted by molar-refractivity contribution is -0.0466. The van der Waals surface area contributed by atoms with Gasteiger partial charge in [-0.1, -0.05) is 13.8 Å². The van der Waals surface area contributed by atoms with Crippen molar-refractivity contribution in [3.05, 3.63) is 23.4 Å². The summed E-state index contributed by atoms with van der Waals surface area (Å²) in [5, 5.41) is 0. The number of carbonyl (C=O) groups is 1. The minimum Gasteiger partial charge on any atom is -0.469 e. The molecule has 128 valence electrons. The number of nitrogens with zero attached hydrogens (tertiary/aromatic N) is 2. The molecule has 0 saturated carbocycles. The summed E-state index contributed by atoms with van der Waals surface area (Å²) >= 11 is 0. The number of aromatic nitrogens is 1. The molecule has 2 heterocycles. The lowest BCUT2D eigenvalue weighted by Gasteiger charge is -2.28. The van der Waals surface area contributed by atoms with E-state index in [1.807, 2.05) is 38.7 Å². The first-order valence-electron chi connectivity index (χ1n) is 8.23. The third kappa shape index (κ3) is 4.93. The van der Waals surface area contributed by atoms with Gasteiger partial charge in [0.1, 0.15) is 11.7 Å². The summed E-state index contributed by atoms with van der Waals surface area (Å²) in [5.74, 6) is 0.798. The predicted molar refractivity (Wildman–Crippen MR) is 89.8 cm³/mol. The number of hydrogen-bond acceptors (Lipinski definition) is 4. The molecule has 0 fully saturated rings. The van der Waals surface area contributed by atoms with E-state index < -0.39 is 0 Å². The molecule has 1 aliphatic rings. The van der Waals surface area contributed by atoms with Gasteiger partial charge in [-0.25, -0.2) is 4.98 Å². The standard InChI is InChI=1S/C18H28N2O3/c1-12(2)9-20-10-14(11-22-18(4,5)6)23-16-15(17(20)21)8-7-13(3)19-16/h7-8,12,14H,9-11H2,1-6H3. The Labute approximate surface area is 139 Å². The summed E-state index contributed by atoms with van der Waals surface area (Å²) in [7, 11) is 0. The SMILES string of the molecule is Cc1ccc2c(n1)OC(COC(C)(C)C)CN(CC(C)C)C2=O. The molecule has 0 bridgehead atoms. The predicted octanol–water partition coefficient (Wildman–Crippen LogP) is 3.06. The van der Waals surface area contributed by atoms with E-state index in [0.717, 1.165) is 5.69 Å². The maximum atomic E-state index is 12.8. The first-order valence-corrected chi connectivity index (χ1v) is 8.23. The van der Waals surface area contributed by atoms with Gasteiger partial charge in [-0.05, 0) is 45.7 Å². The van der Waals surface area contributed by atoms with Gasteiger partial charge in [0.25, 0.3) is 5.91 Å². The number of amides is 1. The number of fused-ring (bicyclic) bond motifs is 1. The highest BCUT2D eigenvalue weighted by Gasteiger charge is 2.31. The van der Waals surface area contributed by atoms with Crippen LogP contribution in [0.25, 0.3) is 0 Å². The second-order valence-electron chi connectivity index (χ2n) is 7.57. The van der Waals surface area contributed by atoms with Gasteiger partial charge in [0.15, 0.2) is 0 Å². The number of rotatable bonds is 4. The van der Waals surface area contributed by atoms with Crippen molar-refractivity contribution in [1.29, 1.82) is 0 Å². The first-order chi connectivity index (χ1) is 10.7. The highest BCUT2D eigenvalue weighted by Crippen LogP contribution is 2.24. The first kappa shape index (κ1) is 17.7. The van der Waals surface area contributed by atoms with E-state index in [4.69, 9.17) is 9.47 Å². The molecule has 1 unspecified atom stereocenters. The zero-order valence-electron chi connectivity index (χ0n) is 15.0. The lowest BCUT2D eigenvalue weighted by Crippen LogP contribution is -2.42. The van der Waals surface area contributed by atoms with Crippen LogP contribution in [0, 0.1) is 12.8 Å². The topological polar surface area (TPSA) is 51.7 Å². The minimum absolute atomic E-state index is 0.0144. The molecule has 1 aromatic rings. The van der Waals surface area contributed by atoms with E-state index >= 15 is 0 Å². The fraction of sp³-hybridized carbons (Fsp3) is 0.667. The fourth-order valence-electron chi connectivity index (χ4n) is 2.51. The maximum Gasteiger partial charge on any atom is 0.259 e. The van der Waals surface area contributed by atoms with Gasteiger partial charge in [0.2, 0.25) is 5.88 Å². The van der Waals surface area contributed by atoms with Crippen molar-refractivity contribution < 1.29 is 14.3 Å². The summed E-state index contributed by atoms with van der Waals surface area (Å²) in [6, 6.07) is 3.65. The zero-order chi connectivity index (χ0) is 17.2. The number of aryl methyl sites for hydroxylation is 1. The van der Waals surface area contributed by atoms with Gasteiger partial charge in [0.05, 0.1) is 18.8 Å². The van der Waals surface area contributed by atoms with Gasteiger partial charge in [-0.3, -0.25) is 4.79 Å². The second kappa shape index (κ2) is 6.87. The Morgan fingerprint density at radius 1 is 1.39 bits per heavy atom. The quantitative estimate of drug-likeness (QED) is 0.855. The summed E-state index contributed by atoms with van der Waals surface area (Å²) in [4.78, 5) is 19.1. The second-order valence-corrected chi connectivity index (χ2v) is 7.57. The highest BCUT2D eigenvalue weighted by atomic mass is 16.5. The van der Waals surface area contributed by atoms with Crippen LogP contribution in [0.2, 0.25) is 0 Å². The van der Waals surface area contributed by atoms with E-state index in [1.54, 1.807) is 6.07 Å². The minimum atomic E-state index is -0.245. The van der Waals surface area contributed by atoms with Crippen LogP contribution in [0.3, 0.4) is 0 Å². The van der Waals surface area contributed by atoms with Crippen molar-refractivity contribution in [1.82, 2.24) is 9.88 Å². The molecule has 5 heteroatoms. The molecule has 1 amide bonds. The van der Waals surface area contributed by atoms with Crippen LogP contribution in [0.4, 0.5) is 0 Å². The van der Waals surface area contributed by atoms with Crippen molar-refractivity contribution in [2.24, 2.45) is 5.92 Å². The van der Waals surface area contributed by atoms with Gasteiger partial charge in [-0.15, -0.1) is 0 Å². The highest BCUT2D eigenvalue weighted by molar-refractivity contribution is 5.96. The van der Waals surface area contributed by atoms with Crippen LogP contribution >= 0.6 is 0 Å². The molecular weight excluding hydrogens is 292 g/mol. The molecule has 23 heavy (non-hydrogen) atoms. The molecule has 0 aromatic carbocycles. The molecule has 0 aliphatic carbocycles. The number of ether oxygens (including phenoxy) is 2. The monoisotopic (exact) mass is 320 g/mol. The van der Waals surface area contributed by atoms with Crippen LogP contribution < -0.4 is 4.74 Å². The Balaban J connectivity index is 2.27. The zero-order valence-corrected chi connectivity index (χ0v) is 15.0. The van der Waals surface area contributed by atoms with E-state index in [2.05, 4.69) is 18.8 Å². The Kier molecular flexibility index (Phi) is 5.30. The van der Waals surface area contributed by atoms with Crippen molar-refractivity contribution >= 4 is 5.91 Å². The third-order valence-electron chi connectivity index (χ3n) is 3.51. The number of carbonyl (C=O) groups excluding carboxylic acids is 1.